The molecule has 24 heavy (non-hydrogen) atoms. The smallest absolute Gasteiger partial charge is 0.309 e. The molecular formula is C17H21BrN3O3+. The minimum absolute atomic E-state index is 0.0150. The molecule has 1 N–H and O–H groups in total. The van der Waals surface area contributed by atoms with Crippen molar-refractivity contribution in [2.45, 2.75) is 26.3 Å². The van der Waals surface area contributed by atoms with Crippen LogP contribution in [0.25, 0.3) is 5.65 Å². The van der Waals surface area contributed by atoms with E-state index in [9.17, 15) is 9.59 Å². The molecule has 0 aromatic carbocycles. The summed E-state index contributed by atoms with van der Waals surface area (Å²) in [7, 11) is 0. The molecule has 0 unspecified atom stereocenters. The van der Waals surface area contributed by atoms with Gasteiger partial charge in [-0.2, -0.15) is 0 Å². The molecule has 3 rings (SSSR count). The second-order valence-corrected chi connectivity index (χ2v) is 7.03. The molecule has 1 aliphatic heterocycles. The molecule has 128 valence electrons. The molecule has 0 amide bonds. The molecule has 0 aliphatic carbocycles. The number of nitrogens with zero attached hydrogens (tertiary/aromatic N) is 2. The molecule has 3 heterocycles. The predicted octanol–water partition coefficient (Wildman–Crippen LogP) is 0.815. The highest BCUT2D eigenvalue weighted by atomic mass is 79.9. The molecule has 1 fully saturated rings. The fourth-order valence-electron chi connectivity index (χ4n) is 3.17. The van der Waals surface area contributed by atoms with E-state index in [2.05, 4.69) is 20.9 Å². The largest absolute Gasteiger partial charge is 0.466 e. The fourth-order valence-corrected chi connectivity index (χ4v) is 3.51. The van der Waals surface area contributed by atoms with E-state index >= 15 is 0 Å². The maximum atomic E-state index is 12.2. The third-order valence-corrected chi connectivity index (χ3v) is 4.89. The summed E-state index contributed by atoms with van der Waals surface area (Å²) in [4.78, 5) is 30.0. The molecule has 2 aromatic rings. The molecule has 0 radical (unpaired) electrons. The van der Waals surface area contributed by atoms with Crippen molar-refractivity contribution in [3.63, 3.8) is 0 Å². The van der Waals surface area contributed by atoms with Gasteiger partial charge in [0.15, 0.2) is 0 Å². The summed E-state index contributed by atoms with van der Waals surface area (Å²) in [5.74, 6) is -0.0644. The lowest BCUT2D eigenvalue weighted by atomic mass is 9.97. The van der Waals surface area contributed by atoms with Gasteiger partial charge in [-0.05, 0) is 35.0 Å². The van der Waals surface area contributed by atoms with Crippen LogP contribution < -0.4 is 10.5 Å². The standard InChI is InChI=1S/C17H20BrN3O3/c1-2-24-17(23)12-5-7-20(8-6-12)11-14-9-16(22)21-10-13(18)3-4-15(21)19-14/h3-4,9-10,12H,2,5-8,11H2,1H3/p+1. The van der Waals surface area contributed by atoms with Crippen molar-refractivity contribution in [3.8, 4) is 0 Å². The van der Waals surface area contributed by atoms with Gasteiger partial charge in [-0.1, -0.05) is 0 Å². The third-order valence-electron chi connectivity index (χ3n) is 4.42. The lowest BCUT2D eigenvalue weighted by Crippen LogP contribution is -3.11. The highest BCUT2D eigenvalue weighted by Crippen LogP contribution is 2.12. The van der Waals surface area contributed by atoms with Gasteiger partial charge in [-0.3, -0.25) is 14.0 Å². The van der Waals surface area contributed by atoms with Crippen molar-refractivity contribution < 1.29 is 14.4 Å². The third kappa shape index (κ3) is 3.84. The Balaban J connectivity index is 1.67. The Morgan fingerprint density at radius 3 is 2.88 bits per heavy atom. The number of hydrogen-bond donors (Lipinski definition) is 1. The van der Waals surface area contributed by atoms with E-state index in [4.69, 9.17) is 4.74 Å². The van der Waals surface area contributed by atoms with Crippen molar-refractivity contribution in [2.75, 3.05) is 19.7 Å². The van der Waals surface area contributed by atoms with Crippen molar-refractivity contribution in [2.24, 2.45) is 5.92 Å². The van der Waals surface area contributed by atoms with Gasteiger partial charge in [0.05, 0.1) is 25.6 Å². The highest BCUT2D eigenvalue weighted by Gasteiger charge is 2.28. The topological polar surface area (TPSA) is 65.1 Å². The minimum atomic E-state index is -0.0794. The monoisotopic (exact) mass is 394 g/mol. The normalized spacial score (nSPS) is 20.9. The summed E-state index contributed by atoms with van der Waals surface area (Å²) in [6.07, 6.45) is 3.38. The summed E-state index contributed by atoms with van der Waals surface area (Å²) < 4.78 is 7.48. The Kier molecular flexibility index (Phi) is 5.30. The zero-order chi connectivity index (χ0) is 17.1. The Labute approximate surface area is 148 Å². The molecule has 1 aliphatic rings. The predicted molar refractivity (Wildman–Crippen MR) is 92.9 cm³/mol. The van der Waals surface area contributed by atoms with E-state index in [1.165, 1.54) is 9.30 Å². The lowest BCUT2D eigenvalue weighted by Gasteiger charge is -2.27. The lowest BCUT2D eigenvalue weighted by molar-refractivity contribution is -0.919. The molecular weight excluding hydrogens is 374 g/mol. The van der Waals surface area contributed by atoms with Crippen LogP contribution in [0.5, 0.6) is 0 Å². The molecule has 6 nitrogen and oxygen atoms in total. The number of piperidine rings is 1. The van der Waals surface area contributed by atoms with Gasteiger partial charge in [0.25, 0.3) is 5.56 Å². The Morgan fingerprint density at radius 2 is 2.17 bits per heavy atom. The van der Waals surface area contributed by atoms with E-state index in [-0.39, 0.29) is 17.4 Å². The Hall–Kier alpha value is -1.73. The molecule has 7 heteroatoms. The molecule has 1 saturated heterocycles. The van der Waals surface area contributed by atoms with Crippen LogP contribution in [0.4, 0.5) is 0 Å². The average molecular weight is 395 g/mol. The number of halogens is 1. The van der Waals surface area contributed by atoms with Gasteiger partial charge in [0.1, 0.15) is 17.9 Å². The molecule has 2 aromatic heterocycles. The zero-order valence-electron chi connectivity index (χ0n) is 13.6. The first-order valence-electron chi connectivity index (χ1n) is 8.25. The highest BCUT2D eigenvalue weighted by molar-refractivity contribution is 9.10. The molecule has 0 atom stereocenters. The first-order valence-corrected chi connectivity index (χ1v) is 9.04. The van der Waals surface area contributed by atoms with E-state index in [1.54, 1.807) is 12.3 Å². The zero-order valence-corrected chi connectivity index (χ0v) is 15.2. The second kappa shape index (κ2) is 7.44. The van der Waals surface area contributed by atoms with Gasteiger partial charge in [-0.15, -0.1) is 0 Å². The van der Waals surface area contributed by atoms with E-state index in [1.807, 2.05) is 19.1 Å². The van der Waals surface area contributed by atoms with E-state index in [0.29, 0.717) is 18.8 Å². The number of ether oxygens (including phenoxy) is 1. The van der Waals surface area contributed by atoms with Crippen LogP contribution in [-0.2, 0) is 16.1 Å². The summed E-state index contributed by atoms with van der Waals surface area (Å²) in [6, 6.07) is 5.31. The van der Waals surface area contributed by atoms with Gasteiger partial charge in [0, 0.05) is 29.6 Å². The van der Waals surface area contributed by atoms with Crippen LogP contribution in [0, 0.1) is 5.92 Å². The van der Waals surface area contributed by atoms with Crippen LogP contribution in [0.15, 0.2) is 33.7 Å². The number of rotatable bonds is 4. The SMILES string of the molecule is CCOC(=O)C1CC[NH+](Cc2cc(=O)n3cc(Br)ccc3n2)CC1. The fraction of sp³-hybridized carbons (Fsp3) is 0.471. The van der Waals surface area contributed by atoms with Gasteiger partial charge in [-0.25, -0.2) is 4.98 Å². The molecule has 0 spiro atoms. The van der Waals surface area contributed by atoms with Gasteiger partial charge in [0.2, 0.25) is 0 Å². The maximum absolute atomic E-state index is 12.2. The van der Waals surface area contributed by atoms with Crippen LogP contribution >= 0.6 is 15.9 Å². The average Bonchev–Trinajstić information content (AvgIpc) is 2.56. The Bertz CT molecular complexity index is 797. The van der Waals surface area contributed by atoms with Gasteiger partial charge < -0.3 is 9.64 Å². The van der Waals surface area contributed by atoms with Crippen molar-refractivity contribution >= 4 is 27.5 Å². The summed E-state index contributed by atoms with van der Waals surface area (Å²) in [5, 5.41) is 0. The van der Waals surface area contributed by atoms with E-state index in [0.717, 1.165) is 36.1 Å². The Morgan fingerprint density at radius 1 is 1.42 bits per heavy atom. The van der Waals surface area contributed by atoms with Crippen molar-refractivity contribution in [1.82, 2.24) is 9.38 Å². The van der Waals surface area contributed by atoms with E-state index < -0.39 is 0 Å². The van der Waals surface area contributed by atoms with Crippen LogP contribution in [0.3, 0.4) is 0 Å². The first kappa shape index (κ1) is 17.1. The van der Waals surface area contributed by atoms with Crippen molar-refractivity contribution in [3.05, 3.63) is 44.9 Å². The van der Waals surface area contributed by atoms with Crippen molar-refractivity contribution in [1.29, 1.82) is 0 Å². The number of nitrogens with one attached hydrogen (secondary N) is 1. The van der Waals surface area contributed by atoms with Crippen LogP contribution in [-0.4, -0.2) is 35.1 Å². The summed E-state index contributed by atoms with van der Waals surface area (Å²) >= 11 is 3.36. The number of carbonyl (C=O) groups is 1. The number of hydrogen-bond acceptors (Lipinski definition) is 4. The first-order chi connectivity index (χ1) is 11.6. The maximum Gasteiger partial charge on any atom is 0.309 e. The number of likely N-dealkylation sites (tertiary alicyclic amines) is 1. The van der Waals surface area contributed by atoms with Crippen LogP contribution in [0.1, 0.15) is 25.5 Å². The number of aromatic nitrogens is 2. The number of quaternary nitrogens is 1. The number of pyridine rings is 1. The number of fused-ring (bicyclic) bond motifs is 1. The number of esters is 1. The summed E-state index contributed by atoms with van der Waals surface area (Å²) in [6.45, 7) is 4.76. The molecule has 0 saturated carbocycles. The molecule has 0 bridgehead atoms. The quantitative estimate of drug-likeness (QED) is 0.779. The minimum Gasteiger partial charge on any atom is -0.466 e. The number of carbonyl (C=O) groups excluding carboxylic acids is 1. The second-order valence-electron chi connectivity index (χ2n) is 6.11. The summed E-state index contributed by atoms with van der Waals surface area (Å²) in [5.41, 5.74) is 1.38. The van der Waals surface area contributed by atoms with Crippen LogP contribution in [0.2, 0.25) is 0 Å². The van der Waals surface area contributed by atoms with Gasteiger partial charge >= 0.3 is 5.97 Å².